The van der Waals surface area contributed by atoms with Crippen molar-refractivity contribution in [1.29, 1.82) is 0 Å². The summed E-state index contributed by atoms with van der Waals surface area (Å²) in [4.78, 5) is 34.6. The molecule has 0 aliphatic heterocycles. The lowest BCUT2D eigenvalue weighted by molar-refractivity contribution is -0.142. The molecule has 0 bridgehead atoms. The summed E-state index contributed by atoms with van der Waals surface area (Å²) in [6.07, 6.45) is 0.292. The number of ether oxygens (including phenoxy) is 3. The van der Waals surface area contributed by atoms with Crippen LogP contribution in [0, 0.1) is 0 Å². The maximum atomic E-state index is 11.9. The first-order valence-electron chi connectivity index (χ1n) is 8.59. The lowest BCUT2D eigenvalue weighted by Gasteiger charge is -2.18. The zero-order chi connectivity index (χ0) is 20.8. The standard InChI is InChI=1S/C18H25N3O6S/c1-25-15(22)11-20-17(28)21-14(16(23)26-2)9-6-10-19-18(24)27-12-13-7-4-3-5-8-13/h3-5,7-8,14H,6,9-12H2,1-2H3,(H,19,24)(H2,20,21,28)/t14-/m0/s1. The smallest absolute Gasteiger partial charge is 0.407 e. The molecule has 3 N–H and O–H groups in total. The number of benzene rings is 1. The largest absolute Gasteiger partial charge is 0.468 e. The molecule has 9 nitrogen and oxygen atoms in total. The quantitative estimate of drug-likeness (QED) is 0.223. The number of hydrogen-bond donors (Lipinski definition) is 3. The van der Waals surface area contributed by atoms with Crippen molar-refractivity contribution in [2.24, 2.45) is 0 Å². The third kappa shape index (κ3) is 9.72. The summed E-state index contributed by atoms with van der Waals surface area (Å²) in [7, 11) is 2.52. The van der Waals surface area contributed by atoms with Crippen molar-refractivity contribution >= 4 is 35.4 Å². The summed E-state index contributed by atoms with van der Waals surface area (Å²) in [5.74, 6) is -0.995. The highest BCUT2D eigenvalue weighted by Crippen LogP contribution is 2.02. The van der Waals surface area contributed by atoms with Crippen LogP contribution in [-0.2, 0) is 30.4 Å². The average molecular weight is 411 g/mol. The monoisotopic (exact) mass is 411 g/mol. The van der Waals surface area contributed by atoms with Gasteiger partial charge in [0.25, 0.3) is 0 Å². The number of methoxy groups -OCH3 is 2. The number of carbonyl (C=O) groups excluding carboxylic acids is 3. The van der Waals surface area contributed by atoms with E-state index in [1.54, 1.807) is 0 Å². The Morgan fingerprint density at radius 2 is 1.79 bits per heavy atom. The zero-order valence-corrected chi connectivity index (χ0v) is 16.7. The van der Waals surface area contributed by atoms with Crippen LogP contribution in [0.1, 0.15) is 18.4 Å². The highest BCUT2D eigenvalue weighted by molar-refractivity contribution is 7.80. The number of amides is 1. The topological polar surface area (TPSA) is 115 Å². The van der Waals surface area contributed by atoms with Crippen molar-refractivity contribution in [3.8, 4) is 0 Å². The second kappa shape index (κ2) is 13.3. The van der Waals surface area contributed by atoms with Crippen LogP contribution in [0.5, 0.6) is 0 Å². The third-order valence-electron chi connectivity index (χ3n) is 3.56. The number of rotatable bonds is 10. The lowest BCUT2D eigenvalue weighted by atomic mass is 10.1. The van der Waals surface area contributed by atoms with Crippen LogP contribution in [0.3, 0.4) is 0 Å². The van der Waals surface area contributed by atoms with E-state index in [1.165, 1.54) is 14.2 Å². The van der Waals surface area contributed by atoms with Gasteiger partial charge in [-0.2, -0.15) is 0 Å². The molecule has 28 heavy (non-hydrogen) atoms. The number of esters is 2. The molecular weight excluding hydrogens is 386 g/mol. The molecule has 0 heterocycles. The highest BCUT2D eigenvalue weighted by Gasteiger charge is 2.20. The van der Waals surface area contributed by atoms with E-state index in [2.05, 4.69) is 20.7 Å². The SMILES string of the molecule is COC(=O)CNC(=S)N[C@@H](CCCNC(=O)OCc1ccccc1)C(=O)OC. The Kier molecular flexibility index (Phi) is 11.0. The fraction of sp³-hybridized carbons (Fsp3) is 0.444. The molecule has 10 heteroatoms. The molecule has 0 saturated heterocycles. The Labute approximate surface area is 169 Å². The molecule has 1 aromatic rings. The Morgan fingerprint density at radius 1 is 1.07 bits per heavy atom. The molecular formula is C18H25N3O6S. The maximum absolute atomic E-state index is 11.9. The van der Waals surface area contributed by atoms with Gasteiger partial charge in [-0.3, -0.25) is 4.79 Å². The maximum Gasteiger partial charge on any atom is 0.407 e. The van der Waals surface area contributed by atoms with E-state index < -0.39 is 24.1 Å². The van der Waals surface area contributed by atoms with Gasteiger partial charge >= 0.3 is 18.0 Å². The minimum atomic E-state index is -0.718. The Morgan fingerprint density at radius 3 is 2.43 bits per heavy atom. The van der Waals surface area contributed by atoms with E-state index in [9.17, 15) is 14.4 Å². The van der Waals surface area contributed by atoms with Gasteiger partial charge in [-0.15, -0.1) is 0 Å². The molecule has 0 unspecified atom stereocenters. The average Bonchev–Trinajstić information content (AvgIpc) is 2.72. The summed E-state index contributed by atoms with van der Waals surface area (Å²) in [5.41, 5.74) is 0.889. The van der Waals surface area contributed by atoms with E-state index in [0.29, 0.717) is 19.4 Å². The van der Waals surface area contributed by atoms with E-state index in [0.717, 1.165) is 5.56 Å². The first kappa shape index (κ1) is 23.2. The summed E-state index contributed by atoms with van der Waals surface area (Å²) in [5, 5.41) is 8.14. The van der Waals surface area contributed by atoms with E-state index in [-0.39, 0.29) is 18.3 Å². The second-order valence-electron chi connectivity index (χ2n) is 5.61. The molecule has 1 amide bonds. The van der Waals surface area contributed by atoms with Crippen LogP contribution < -0.4 is 16.0 Å². The number of carbonyl (C=O) groups is 3. The molecule has 0 aliphatic rings. The number of alkyl carbamates (subject to hydrolysis) is 1. The van der Waals surface area contributed by atoms with Gasteiger partial charge in [0.1, 0.15) is 19.2 Å². The van der Waals surface area contributed by atoms with Crippen LogP contribution in [0.25, 0.3) is 0 Å². The molecule has 0 aliphatic carbocycles. The van der Waals surface area contributed by atoms with Gasteiger partial charge in [0.15, 0.2) is 5.11 Å². The van der Waals surface area contributed by atoms with Crippen molar-refractivity contribution in [2.75, 3.05) is 27.3 Å². The minimum absolute atomic E-state index is 0.120. The molecule has 1 aromatic carbocycles. The fourth-order valence-corrected chi connectivity index (χ4v) is 2.31. The summed E-state index contributed by atoms with van der Waals surface area (Å²) in [6, 6.07) is 8.60. The van der Waals surface area contributed by atoms with E-state index in [4.69, 9.17) is 21.7 Å². The normalized spacial score (nSPS) is 10.9. The number of nitrogens with one attached hydrogen (secondary N) is 3. The Balaban J connectivity index is 2.30. The van der Waals surface area contributed by atoms with Crippen molar-refractivity contribution in [3.05, 3.63) is 35.9 Å². The number of thiocarbonyl (C=S) groups is 1. The highest BCUT2D eigenvalue weighted by atomic mass is 32.1. The van der Waals surface area contributed by atoms with Crippen LogP contribution in [0.2, 0.25) is 0 Å². The van der Waals surface area contributed by atoms with Gasteiger partial charge in [-0.25, -0.2) is 9.59 Å². The van der Waals surface area contributed by atoms with Gasteiger partial charge in [0.2, 0.25) is 0 Å². The van der Waals surface area contributed by atoms with Crippen LogP contribution >= 0.6 is 12.2 Å². The van der Waals surface area contributed by atoms with Gasteiger partial charge in [-0.05, 0) is 30.6 Å². The molecule has 0 saturated carbocycles. The Bertz CT molecular complexity index is 656. The van der Waals surface area contributed by atoms with Gasteiger partial charge in [0.05, 0.1) is 14.2 Å². The predicted octanol–water partition coefficient (Wildman–Crippen LogP) is 0.872. The van der Waals surface area contributed by atoms with E-state index >= 15 is 0 Å². The lowest BCUT2D eigenvalue weighted by Crippen LogP contribution is -2.47. The van der Waals surface area contributed by atoms with Gasteiger partial charge in [-0.1, -0.05) is 30.3 Å². The molecule has 0 aromatic heterocycles. The van der Waals surface area contributed by atoms with Crippen molar-refractivity contribution in [1.82, 2.24) is 16.0 Å². The summed E-state index contributed by atoms with van der Waals surface area (Å²) < 4.78 is 14.3. The summed E-state index contributed by atoms with van der Waals surface area (Å²) in [6.45, 7) is 0.370. The van der Waals surface area contributed by atoms with Crippen molar-refractivity contribution in [2.45, 2.75) is 25.5 Å². The molecule has 1 rings (SSSR count). The van der Waals surface area contributed by atoms with Crippen LogP contribution in [-0.4, -0.2) is 56.5 Å². The van der Waals surface area contributed by atoms with E-state index in [1.807, 2.05) is 30.3 Å². The van der Waals surface area contributed by atoms with Crippen molar-refractivity contribution < 1.29 is 28.6 Å². The van der Waals surface area contributed by atoms with Gasteiger partial charge < -0.3 is 30.2 Å². The van der Waals surface area contributed by atoms with Crippen molar-refractivity contribution in [3.63, 3.8) is 0 Å². The molecule has 0 radical (unpaired) electrons. The molecule has 1 atom stereocenters. The zero-order valence-electron chi connectivity index (χ0n) is 15.9. The molecule has 154 valence electrons. The molecule has 0 spiro atoms. The van der Waals surface area contributed by atoms with Crippen LogP contribution in [0.15, 0.2) is 30.3 Å². The first-order chi connectivity index (χ1) is 13.5. The summed E-state index contributed by atoms with van der Waals surface area (Å²) >= 11 is 5.04. The second-order valence-corrected chi connectivity index (χ2v) is 6.02. The van der Waals surface area contributed by atoms with Crippen LogP contribution in [0.4, 0.5) is 4.79 Å². The predicted molar refractivity (Wildman–Crippen MR) is 105 cm³/mol. The fourth-order valence-electron chi connectivity index (χ4n) is 2.10. The Hall–Kier alpha value is -2.88. The third-order valence-corrected chi connectivity index (χ3v) is 3.83. The molecule has 0 fully saturated rings. The first-order valence-corrected chi connectivity index (χ1v) is 9.00. The number of hydrogen-bond acceptors (Lipinski definition) is 7. The van der Waals surface area contributed by atoms with Gasteiger partial charge in [0, 0.05) is 6.54 Å². The minimum Gasteiger partial charge on any atom is -0.468 e.